The molecular formula is C81H82ClIN10O21S2+2. The molecule has 5 aliphatic rings. The lowest BCUT2D eigenvalue weighted by molar-refractivity contribution is -0.742. The van der Waals surface area contributed by atoms with Crippen molar-refractivity contribution in [1.29, 1.82) is 0 Å². The molecule has 0 aromatic heterocycles. The first kappa shape index (κ1) is 55.5. The number of ether oxygens (including phenoxy) is 1. The van der Waals surface area contributed by atoms with Gasteiger partial charge in [-0.25, -0.2) is 35.6 Å². The van der Waals surface area contributed by atoms with Crippen molar-refractivity contribution in [1.82, 2.24) is 18.4 Å². The van der Waals surface area contributed by atoms with E-state index in [1.807, 2.05) is 22.6 Å². The minimum atomic E-state index is -4.31. The number of phenols is 1. The second-order valence-electron chi connectivity index (χ2n) is 23.6. The minimum Gasteiger partial charge on any atom is -0.508 e. The molecule has 3 heterocycles. The Hall–Kier alpha value is -12.9. The number of fused-ring (bicyclic) bond motifs is 4. The first-order valence-electron chi connectivity index (χ1n) is 47.2. The number of sulfonamides is 1. The summed E-state index contributed by atoms with van der Waals surface area (Å²) in [5, 5.41) is 58.0. The van der Waals surface area contributed by atoms with Crippen LogP contribution in [0.25, 0.3) is 66.8 Å². The number of carboxylic acid groups (broad SMARTS) is 2. The number of amides is 1. The molecule has 1 saturated heterocycles. The molecule has 35 heteroatoms. The number of phenolic OH excluding ortho intramolecular Hbond substituents is 1. The number of carbonyl (C=O) groups excluding carboxylic acids is 2. The lowest BCUT2D eigenvalue weighted by Gasteiger charge is -2.34. The van der Waals surface area contributed by atoms with E-state index in [9.17, 15) is 61.3 Å². The number of anilines is 3. The van der Waals surface area contributed by atoms with Gasteiger partial charge in [-0.05, 0) is 84.6 Å². The van der Waals surface area contributed by atoms with Gasteiger partial charge in [0.15, 0.2) is 0 Å². The highest BCUT2D eigenvalue weighted by atomic mass is 127. The van der Waals surface area contributed by atoms with E-state index >= 15 is 0 Å². The number of carboxylic acids is 2. The van der Waals surface area contributed by atoms with Gasteiger partial charge in [0.05, 0.1) is 93.1 Å². The van der Waals surface area contributed by atoms with Gasteiger partial charge in [-0.1, -0.05) is 95.2 Å². The molecule has 0 unspecified atom stereocenters. The number of nitro groups is 2. The summed E-state index contributed by atoms with van der Waals surface area (Å²) in [6.07, 6.45) is 0. The summed E-state index contributed by atoms with van der Waals surface area (Å²) in [4.78, 5) is 76.9. The topological polar surface area (TPSA) is 405 Å². The van der Waals surface area contributed by atoms with Gasteiger partial charge >= 0.3 is 11.9 Å². The van der Waals surface area contributed by atoms with Crippen LogP contribution in [0.4, 0.5) is 28.4 Å². The number of aromatic carboxylic acids is 2. The third kappa shape index (κ3) is 24.3. The Morgan fingerprint density at radius 2 is 1.00 bits per heavy atom. The van der Waals surface area contributed by atoms with Crippen molar-refractivity contribution in [2.24, 2.45) is 0 Å². The predicted octanol–water partition coefficient (Wildman–Crippen LogP) is 12.7. The van der Waals surface area contributed by atoms with Crippen molar-refractivity contribution in [3.8, 4) is 56.4 Å². The van der Waals surface area contributed by atoms with Gasteiger partial charge in [0, 0.05) is 189 Å². The van der Waals surface area contributed by atoms with E-state index in [-0.39, 0.29) is 238 Å². The quantitative estimate of drug-likeness (QED) is 0.0102. The molecule has 2 aliphatic carbocycles. The van der Waals surface area contributed by atoms with Crippen LogP contribution in [0.5, 0.6) is 11.5 Å². The number of halogens is 2. The number of hydrogen-bond acceptors (Lipinski definition) is 22. The largest absolute Gasteiger partial charge is 0.508 e. The van der Waals surface area contributed by atoms with Gasteiger partial charge in [-0.2, -0.15) is 4.31 Å². The molecule has 3 aliphatic heterocycles. The maximum absolute atomic E-state index is 14.3. The molecule has 606 valence electrons. The zero-order valence-electron chi connectivity index (χ0n) is 92.0. The number of rotatable bonds is 16. The van der Waals surface area contributed by atoms with Crippen LogP contribution in [0, 0.1) is 30.3 Å². The molecular weight excluding hydrogens is 1680 g/mol. The highest BCUT2D eigenvalue weighted by molar-refractivity contribution is 14.1. The van der Waals surface area contributed by atoms with Crippen LogP contribution in [0.15, 0.2) is 242 Å². The van der Waals surface area contributed by atoms with Crippen LogP contribution in [-0.2, 0) is 28.7 Å². The van der Waals surface area contributed by atoms with Crippen LogP contribution < -0.4 is 39.3 Å². The fraction of sp³-hybridized carbons (Fsp3) is 0.185. The fourth-order valence-corrected chi connectivity index (χ4v) is 12.7. The monoisotopic (exact) mass is 1790 g/mol. The average molecular weight is 1790 g/mol. The summed E-state index contributed by atoms with van der Waals surface area (Å²) < 4.78 is 309. The third-order valence-electron chi connectivity index (χ3n) is 14.9. The zero-order chi connectivity index (χ0) is 111. The van der Waals surface area contributed by atoms with Crippen LogP contribution in [-0.4, -0.2) is 187 Å². The van der Waals surface area contributed by atoms with Gasteiger partial charge < -0.3 is 53.7 Å². The van der Waals surface area contributed by atoms with Crippen molar-refractivity contribution in [2.75, 3.05) is 116 Å². The molecule has 13 rings (SSSR count). The van der Waals surface area contributed by atoms with Crippen molar-refractivity contribution in [3.05, 3.63) is 276 Å². The van der Waals surface area contributed by atoms with Crippen LogP contribution >= 0.6 is 33.3 Å². The van der Waals surface area contributed by atoms with Gasteiger partial charge in [0.25, 0.3) is 33.4 Å². The molecule has 1 fully saturated rings. The maximum Gasteiger partial charge on any atom is 0.335 e. The number of nitrogens with zero attached hydrogens (tertiary/aromatic N) is 10. The minimum absolute atomic E-state index is 0.00751. The van der Waals surface area contributed by atoms with E-state index in [0.29, 0.717) is 0 Å². The third-order valence-corrected chi connectivity index (χ3v) is 18.9. The summed E-state index contributed by atoms with van der Waals surface area (Å²) in [6, 6.07) is -3.16. The zero-order valence-corrected chi connectivity index (χ0v) is 66.5. The van der Waals surface area contributed by atoms with Crippen molar-refractivity contribution in [3.63, 3.8) is 0 Å². The Kier molecular flexibility index (Phi) is 19.7. The Bertz CT molecular complexity index is 7640. The molecule has 8 aromatic rings. The lowest BCUT2D eigenvalue weighted by Crippen LogP contribution is -2.50. The SMILES string of the molecule is [2H]O[N+](=O)[O-].[2H]c1c([2H])c(C(=O)O)c([2H])c([N+](=O)[O-])c1[2H].[2H]c1c([2H])c(O)c([2H])c(N(C)C)c1[2H].[2H]c1c([2H])c(OC=O)c([2H])c([N+](=O)[O-])c1[2H].[2H]c1c([2H])c([2H])c(C(=O)O)c([2H])c1[2H].[2H]c1c2c(-c3ccccc3S(=O)(=O)Cl)c3c([2H])c([2H])c(N(C)C)c([2H])c3oc-2c([2H])c(=[N+](C)C)c1[2H].[2H]c1c2c(-c3ccccc3S(=O)(=O)N3CCN(C(=O)CI)CC3)c3c([2H])c([2H])c(N(C)C)c([2H])c3oc-2c([2H])c(=[N+](C)C)c1[2H]. The van der Waals surface area contributed by atoms with E-state index < -0.39 is 165 Å². The van der Waals surface area contributed by atoms with Crippen LogP contribution in [0.1, 0.15) is 60.5 Å². The first-order valence-corrected chi connectivity index (χ1v) is 37.5. The van der Waals surface area contributed by atoms with E-state index in [1.165, 1.54) is 58.5 Å². The van der Waals surface area contributed by atoms with E-state index in [1.54, 1.807) is 93.6 Å². The Morgan fingerprint density at radius 3 is 1.44 bits per heavy atom. The van der Waals surface area contributed by atoms with Gasteiger partial charge in [0.2, 0.25) is 26.6 Å². The summed E-state index contributed by atoms with van der Waals surface area (Å²) in [6.45, 7) is 0.485. The Labute approximate surface area is 726 Å². The number of hydrogen-bond donors (Lipinski definition) is 4. The second kappa shape index (κ2) is 41.2. The summed E-state index contributed by atoms with van der Waals surface area (Å²) in [5.41, 5.74) is -3.64. The number of benzene rings is 10. The first-order chi connectivity index (χ1) is 67.6. The van der Waals surface area contributed by atoms with E-state index in [2.05, 4.69) is 9.95 Å². The summed E-state index contributed by atoms with van der Waals surface area (Å²) in [7, 11) is 13.4. The van der Waals surface area contributed by atoms with Crippen molar-refractivity contribution < 1.29 is 126 Å². The molecule has 0 spiro atoms. The van der Waals surface area contributed by atoms with Crippen molar-refractivity contribution >= 4 is 127 Å². The van der Waals surface area contributed by atoms with Gasteiger partial charge in [0.1, 0.15) is 62.4 Å². The van der Waals surface area contributed by atoms with Crippen molar-refractivity contribution in [2.45, 2.75) is 9.79 Å². The maximum atomic E-state index is 14.3. The number of alkyl halides is 1. The summed E-state index contributed by atoms with van der Waals surface area (Å²) in [5.74, 6) is -4.84. The van der Waals surface area contributed by atoms with Gasteiger partial charge in [-0.3, -0.25) is 29.8 Å². The Morgan fingerprint density at radius 1 is 0.560 bits per heavy atom. The molecule has 0 bridgehead atoms. The fourth-order valence-electron chi connectivity index (χ4n) is 9.55. The predicted molar refractivity (Wildman–Crippen MR) is 451 cm³/mol. The average Bonchev–Trinajstić information content (AvgIpc) is 0.710. The normalized spacial score (nSPS) is 15.2. The van der Waals surface area contributed by atoms with E-state index in [0.717, 1.165) is 0 Å². The molecule has 0 radical (unpaired) electrons. The summed E-state index contributed by atoms with van der Waals surface area (Å²) >= 11 is 1.98. The molecule has 8 aromatic carbocycles. The van der Waals surface area contributed by atoms with Gasteiger partial charge in [-0.15, -0.1) is 10.1 Å². The standard InChI is InChI=1S/C29H32IN4O4S.C23H22ClN2O3S.C8H11NO.2C7H5NO4.C7H6O2.HNO3/c1-31(2)20-9-11-22-25(17-20)38-26-18-21(32(3)4)10-12-23(26)29(22)24-7-5-6-8-27(24)39(36,37)34-15-13-33(14-16-34)28(35)19-30;1-25(2)15-9-11-17-20(13-15)29-21-14-16(26(3)4)10-12-18(21)23(17)19-7-5-6-8-22(19)30(24,27)28;1-9(2)7-4-3-5-8(10)6-7;9-5-12-7-3-1-2-6(4-7)8(10)11;9-7(10)5-2-1-3-6(4-5)8(11)12;8-7(9)6-4-2-1-3-5-6;2-1(3)4/h5-12,17-18H,13-16,19H2,1-4H3;5-14H,1-4H3;3-6,10H,1-2H3;1-5H;1-4H,(H,9,10);1-5H,(H,8,9);(H,2,3,4)/q2*+1;;;;;/i9D,10D,11D,12D,17D,18D;9D,10D,11D,12D,13D,14D;3D,4D,5D,6D;2*1D,2D,3D,4D;1D,2D,3D,4D,5D;/hD. The molecule has 0 atom stereocenters. The second-order valence-corrected chi connectivity index (χ2v) is 28.9. The Balaban J connectivity index is 0.000000252. The molecule has 31 nitrogen and oxygen atoms in total. The molecule has 116 heavy (non-hydrogen) atoms. The highest BCUT2D eigenvalue weighted by Gasteiger charge is 2.34. The molecule has 4 N–H and O–H groups in total. The molecule has 0 saturated carbocycles. The number of aromatic hydroxyl groups is 1. The van der Waals surface area contributed by atoms with Crippen LogP contribution in [0.3, 0.4) is 0 Å². The van der Waals surface area contributed by atoms with Crippen LogP contribution in [0.2, 0.25) is 1.43 Å². The highest BCUT2D eigenvalue weighted by Crippen LogP contribution is 2.45. The number of nitro benzene ring substituents is 2. The lowest BCUT2D eigenvalue weighted by atomic mass is 9.93. The van der Waals surface area contributed by atoms with E-state index in [4.69, 9.17) is 81.0 Å². The number of carbonyl (C=O) groups is 4. The molecule has 1 amide bonds. The number of piperazine rings is 1. The smallest absolute Gasteiger partial charge is 0.335 e.